The van der Waals surface area contributed by atoms with Crippen LogP contribution in [0.1, 0.15) is 25.3 Å². The van der Waals surface area contributed by atoms with Crippen LogP contribution in [0.4, 0.5) is 5.69 Å². The molecule has 21 heavy (non-hydrogen) atoms. The molecule has 1 fully saturated rings. The quantitative estimate of drug-likeness (QED) is 0.743. The molecule has 118 valence electrons. The predicted molar refractivity (Wildman–Crippen MR) is 84.9 cm³/mol. The van der Waals surface area contributed by atoms with Crippen LogP contribution in [0.25, 0.3) is 0 Å². The first-order valence-electron chi connectivity index (χ1n) is 7.02. The van der Waals surface area contributed by atoms with Crippen molar-refractivity contribution >= 4 is 24.0 Å². The Bertz CT molecular complexity index is 488. The molecule has 0 aromatic heterocycles. The van der Waals surface area contributed by atoms with E-state index in [2.05, 4.69) is 5.32 Å². The summed E-state index contributed by atoms with van der Waals surface area (Å²) in [5, 5.41) is 12.7. The Labute approximate surface area is 131 Å². The van der Waals surface area contributed by atoms with Gasteiger partial charge in [-0.3, -0.25) is 4.79 Å². The minimum absolute atomic E-state index is 0. The van der Waals surface area contributed by atoms with Gasteiger partial charge in [-0.15, -0.1) is 12.4 Å². The zero-order valence-corrected chi connectivity index (χ0v) is 13.0. The van der Waals surface area contributed by atoms with Gasteiger partial charge in [-0.1, -0.05) is 13.0 Å². The van der Waals surface area contributed by atoms with E-state index in [9.17, 15) is 9.90 Å². The Balaban J connectivity index is 0.00000220. The number of benzene rings is 1. The van der Waals surface area contributed by atoms with Crippen LogP contribution in [0, 0.1) is 5.41 Å². The molecule has 1 amide bonds. The molecular weight excluding hydrogens is 292 g/mol. The van der Waals surface area contributed by atoms with Crippen LogP contribution >= 0.6 is 12.4 Å². The molecule has 4 N–H and O–H groups in total. The number of hydrogen-bond acceptors (Lipinski definition) is 4. The monoisotopic (exact) mass is 314 g/mol. The average molecular weight is 315 g/mol. The molecule has 0 atom stereocenters. The second-order valence-corrected chi connectivity index (χ2v) is 5.26. The molecule has 0 unspecified atom stereocenters. The summed E-state index contributed by atoms with van der Waals surface area (Å²) >= 11 is 0. The molecule has 5 nitrogen and oxygen atoms in total. The third kappa shape index (κ3) is 3.87. The lowest BCUT2D eigenvalue weighted by molar-refractivity contribution is -0.130. The summed E-state index contributed by atoms with van der Waals surface area (Å²) in [4.78, 5) is 12.5. The summed E-state index contributed by atoms with van der Waals surface area (Å²) < 4.78 is 5.30. The maximum absolute atomic E-state index is 12.5. The Morgan fingerprint density at radius 1 is 1.43 bits per heavy atom. The zero-order chi connectivity index (χ0) is 14.6. The van der Waals surface area contributed by atoms with Gasteiger partial charge in [0, 0.05) is 19.8 Å². The van der Waals surface area contributed by atoms with Gasteiger partial charge >= 0.3 is 0 Å². The highest BCUT2D eigenvalue weighted by Gasteiger charge is 2.39. The van der Waals surface area contributed by atoms with E-state index in [1.807, 2.05) is 13.0 Å². The van der Waals surface area contributed by atoms with Crippen molar-refractivity contribution in [2.45, 2.75) is 26.2 Å². The maximum Gasteiger partial charge on any atom is 0.232 e. The lowest BCUT2D eigenvalue weighted by atomic mass is 9.79. The van der Waals surface area contributed by atoms with E-state index >= 15 is 0 Å². The fraction of sp³-hybridized carbons (Fsp3) is 0.533. The summed E-state index contributed by atoms with van der Waals surface area (Å²) in [5.74, 6) is -0.0540. The van der Waals surface area contributed by atoms with Crippen LogP contribution < -0.4 is 11.1 Å². The van der Waals surface area contributed by atoms with E-state index in [0.717, 1.165) is 12.0 Å². The lowest BCUT2D eigenvalue weighted by Crippen LogP contribution is -2.46. The van der Waals surface area contributed by atoms with Crippen molar-refractivity contribution in [2.24, 2.45) is 11.1 Å². The average Bonchev–Trinajstić information content (AvgIpc) is 2.50. The van der Waals surface area contributed by atoms with Gasteiger partial charge < -0.3 is 20.9 Å². The second kappa shape index (κ2) is 7.64. The van der Waals surface area contributed by atoms with E-state index in [4.69, 9.17) is 10.5 Å². The van der Waals surface area contributed by atoms with Crippen molar-refractivity contribution in [3.8, 4) is 5.75 Å². The van der Waals surface area contributed by atoms with Crippen LogP contribution in [0.3, 0.4) is 0 Å². The largest absolute Gasteiger partial charge is 0.506 e. The molecule has 1 heterocycles. The Morgan fingerprint density at radius 3 is 2.67 bits per heavy atom. The summed E-state index contributed by atoms with van der Waals surface area (Å²) in [7, 11) is 0. The Morgan fingerprint density at radius 2 is 2.10 bits per heavy atom. The maximum atomic E-state index is 12.5. The molecule has 0 saturated carbocycles. The highest BCUT2D eigenvalue weighted by Crippen LogP contribution is 2.33. The van der Waals surface area contributed by atoms with Crippen molar-refractivity contribution in [3.05, 3.63) is 23.8 Å². The van der Waals surface area contributed by atoms with Gasteiger partial charge in [-0.2, -0.15) is 0 Å². The van der Waals surface area contributed by atoms with Crippen molar-refractivity contribution < 1.29 is 14.6 Å². The highest BCUT2D eigenvalue weighted by molar-refractivity contribution is 5.96. The number of phenols is 1. The number of aromatic hydroxyl groups is 1. The predicted octanol–water partition coefficient (Wildman–Crippen LogP) is 2.07. The molecule has 0 bridgehead atoms. The molecule has 1 aliphatic heterocycles. The molecule has 2 rings (SSSR count). The number of halogens is 1. The third-order valence-corrected chi connectivity index (χ3v) is 4.04. The number of carbonyl (C=O) groups is 1. The molecule has 0 aliphatic carbocycles. The lowest BCUT2D eigenvalue weighted by Gasteiger charge is -2.34. The van der Waals surface area contributed by atoms with Crippen molar-refractivity contribution in [1.29, 1.82) is 0 Å². The number of amides is 1. The topological polar surface area (TPSA) is 84.6 Å². The summed E-state index contributed by atoms with van der Waals surface area (Å²) in [6.07, 6.45) is 2.08. The minimum atomic E-state index is -0.590. The number of rotatable bonds is 4. The Kier molecular flexibility index (Phi) is 6.45. The number of nitrogens with one attached hydrogen (secondary N) is 1. The van der Waals surface area contributed by atoms with Crippen LogP contribution in [0.2, 0.25) is 0 Å². The van der Waals surface area contributed by atoms with Crippen LogP contribution in [-0.4, -0.2) is 30.8 Å². The van der Waals surface area contributed by atoms with E-state index in [1.54, 1.807) is 12.1 Å². The SMILES string of the molecule is CCc1ccc(O)c(NC(=O)C2(CN)CCOCC2)c1.Cl. The van der Waals surface area contributed by atoms with Gasteiger partial charge in [0.1, 0.15) is 5.75 Å². The molecule has 1 aliphatic rings. The molecule has 6 heteroatoms. The second-order valence-electron chi connectivity index (χ2n) is 5.26. The van der Waals surface area contributed by atoms with Crippen LogP contribution in [0.15, 0.2) is 18.2 Å². The molecular formula is C15H23ClN2O3. The number of hydrogen-bond donors (Lipinski definition) is 3. The number of anilines is 1. The van der Waals surface area contributed by atoms with Gasteiger partial charge in [0.05, 0.1) is 11.1 Å². The van der Waals surface area contributed by atoms with E-state index in [-0.39, 0.29) is 30.6 Å². The third-order valence-electron chi connectivity index (χ3n) is 4.04. The van der Waals surface area contributed by atoms with Crippen molar-refractivity contribution in [1.82, 2.24) is 0 Å². The van der Waals surface area contributed by atoms with E-state index in [0.29, 0.717) is 31.7 Å². The van der Waals surface area contributed by atoms with Gasteiger partial charge in [0.2, 0.25) is 5.91 Å². The first kappa shape index (κ1) is 17.8. The first-order chi connectivity index (χ1) is 9.61. The molecule has 1 aromatic rings. The number of phenolic OH excluding ortho intramolecular Hbond substituents is 1. The summed E-state index contributed by atoms with van der Waals surface area (Å²) in [6.45, 7) is 3.41. The van der Waals surface area contributed by atoms with E-state index in [1.165, 1.54) is 0 Å². The standard InChI is InChI=1S/C15H22N2O3.ClH/c1-2-11-3-4-13(18)12(9-11)17-14(19)15(10-16)5-7-20-8-6-15;/h3-4,9,18H,2,5-8,10,16H2,1H3,(H,17,19);1H. The fourth-order valence-corrected chi connectivity index (χ4v) is 2.44. The van der Waals surface area contributed by atoms with Gasteiger partial charge in [0.15, 0.2) is 0 Å². The zero-order valence-electron chi connectivity index (χ0n) is 12.2. The minimum Gasteiger partial charge on any atom is -0.506 e. The van der Waals surface area contributed by atoms with Gasteiger partial charge in [0.25, 0.3) is 0 Å². The molecule has 0 radical (unpaired) electrons. The number of carbonyl (C=O) groups excluding carboxylic acids is 1. The van der Waals surface area contributed by atoms with Crippen molar-refractivity contribution in [2.75, 3.05) is 25.1 Å². The van der Waals surface area contributed by atoms with Crippen molar-refractivity contribution in [3.63, 3.8) is 0 Å². The van der Waals surface area contributed by atoms with Gasteiger partial charge in [-0.25, -0.2) is 0 Å². The highest BCUT2D eigenvalue weighted by atomic mass is 35.5. The Hall–Kier alpha value is -1.30. The summed E-state index contributed by atoms with van der Waals surface area (Å²) in [6, 6.07) is 5.25. The molecule has 1 saturated heterocycles. The molecule has 1 aromatic carbocycles. The molecule has 0 spiro atoms. The summed E-state index contributed by atoms with van der Waals surface area (Å²) in [5.41, 5.74) is 6.73. The first-order valence-corrected chi connectivity index (χ1v) is 7.02. The number of nitrogens with two attached hydrogens (primary N) is 1. The fourth-order valence-electron chi connectivity index (χ4n) is 2.44. The van der Waals surface area contributed by atoms with E-state index < -0.39 is 5.41 Å². The van der Waals surface area contributed by atoms with Crippen LogP contribution in [0.5, 0.6) is 5.75 Å². The van der Waals surface area contributed by atoms with Crippen LogP contribution in [-0.2, 0) is 16.0 Å². The van der Waals surface area contributed by atoms with Gasteiger partial charge in [-0.05, 0) is 37.0 Å². The number of aryl methyl sites for hydroxylation is 1. The number of ether oxygens (including phenoxy) is 1. The smallest absolute Gasteiger partial charge is 0.232 e. The normalized spacial score (nSPS) is 16.9.